The van der Waals surface area contributed by atoms with E-state index in [9.17, 15) is 14.9 Å². The van der Waals surface area contributed by atoms with Gasteiger partial charge < -0.3 is 9.72 Å². The van der Waals surface area contributed by atoms with Crippen LogP contribution in [0.4, 0.5) is 5.69 Å². The van der Waals surface area contributed by atoms with Crippen molar-refractivity contribution in [2.75, 3.05) is 6.61 Å². The highest BCUT2D eigenvalue weighted by molar-refractivity contribution is 5.99. The number of carbonyl (C=O) groups excluding carboxylic acids is 1. The van der Waals surface area contributed by atoms with Crippen LogP contribution >= 0.6 is 0 Å². The van der Waals surface area contributed by atoms with Gasteiger partial charge in [0, 0.05) is 17.6 Å². The van der Waals surface area contributed by atoms with Gasteiger partial charge in [0.1, 0.15) is 5.52 Å². The number of carbonyl (C=O) groups is 1. The summed E-state index contributed by atoms with van der Waals surface area (Å²) in [6, 6.07) is 2.84. The first-order valence-electron chi connectivity index (χ1n) is 5.47. The van der Waals surface area contributed by atoms with Gasteiger partial charge in [-0.05, 0) is 25.5 Å². The van der Waals surface area contributed by atoms with E-state index in [2.05, 4.69) is 4.98 Å². The third-order valence-corrected chi connectivity index (χ3v) is 2.68. The first kappa shape index (κ1) is 12.1. The van der Waals surface area contributed by atoms with E-state index in [1.165, 1.54) is 6.07 Å². The minimum absolute atomic E-state index is 0.122. The quantitative estimate of drug-likeness (QED) is 0.514. The molecule has 18 heavy (non-hydrogen) atoms. The average molecular weight is 248 g/mol. The summed E-state index contributed by atoms with van der Waals surface area (Å²) in [7, 11) is 0. The summed E-state index contributed by atoms with van der Waals surface area (Å²) < 4.78 is 4.86. The van der Waals surface area contributed by atoms with Crippen LogP contribution in [-0.2, 0) is 4.74 Å². The molecule has 6 heteroatoms. The average Bonchev–Trinajstić information content (AvgIpc) is 2.70. The lowest BCUT2D eigenvalue weighted by Crippen LogP contribution is -2.05. The van der Waals surface area contributed by atoms with Gasteiger partial charge in [-0.3, -0.25) is 10.1 Å². The molecule has 1 aromatic carbocycles. The Bertz CT molecular complexity index is 630. The molecule has 0 saturated heterocycles. The highest BCUT2D eigenvalue weighted by Gasteiger charge is 2.19. The maximum atomic E-state index is 11.6. The number of rotatable bonds is 3. The molecule has 0 atom stereocenters. The normalized spacial score (nSPS) is 10.6. The van der Waals surface area contributed by atoms with Crippen molar-refractivity contribution in [1.82, 2.24) is 4.98 Å². The van der Waals surface area contributed by atoms with Crippen LogP contribution in [-0.4, -0.2) is 22.5 Å². The SMILES string of the molecule is CCOC(=O)c1cc([N+](=O)[O-])c2[nH]cc(C)c2c1. The molecule has 2 rings (SSSR count). The molecule has 0 radical (unpaired) electrons. The van der Waals surface area contributed by atoms with Crippen LogP contribution in [0.25, 0.3) is 10.9 Å². The molecule has 1 heterocycles. The van der Waals surface area contributed by atoms with E-state index in [4.69, 9.17) is 4.74 Å². The zero-order valence-corrected chi connectivity index (χ0v) is 10.0. The summed E-state index contributed by atoms with van der Waals surface area (Å²) >= 11 is 0. The number of aryl methyl sites for hydroxylation is 1. The number of nitrogens with zero attached hydrogens (tertiary/aromatic N) is 1. The van der Waals surface area contributed by atoms with Crippen LogP contribution < -0.4 is 0 Å². The molecule has 0 saturated carbocycles. The number of hydrogen-bond acceptors (Lipinski definition) is 4. The van der Waals surface area contributed by atoms with Crippen molar-refractivity contribution >= 4 is 22.6 Å². The number of esters is 1. The van der Waals surface area contributed by atoms with E-state index in [0.29, 0.717) is 10.9 Å². The van der Waals surface area contributed by atoms with Crippen molar-refractivity contribution < 1.29 is 14.5 Å². The number of nitrogens with one attached hydrogen (secondary N) is 1. The summed E-state index contributed by atoms with van der Waals surface area (Å²) in [4.78, 5) is 25.0. The molecular weight excluding hydrogens is 236 g/mol. The molecule has 0 bridgehead atoms. The predicted octanol–water partition coefficient (Wildman–Crippen LogP) is 2.56. The number of aromatic amines is 1. The zero-order chi connectivity index (χ0) is 13.3. The van der Waals surface area contributed by atoms with E-state index < -0.39 is 10.9 Å². The molecule has 2 aromatic rings. The van der Waals surface area contributed by atoms with Gasteiger partial charge in [0.25, 0.3) is 5.69 Å². The van der Waals surface area contributed by atoms with Gasteiger partial charge in [0.05, 0.1) is 17.1 Å². The van der Waals surface area contributed by atoms with E-state index >= 15 is 0 Å². The van der Waals surface area contributed by atoms with Gasteiger partial charge in [0.2, 0.25) is 0 Å². The summed E-state index contributed by atoms with van der Waals surface area (Å²) in [5.41, 5.74) is 1.34. The van der Waals surface area contributed by atoms with Crippen molar-refractivity contribution in [3.8, 4) is 0 Å². The Morgan fingerprint density at radius 3 is 2.83 bits per heavy atom. The van der Waals surface area contributed by atoms with E-state index in [1.807, 2.05) is 6.92 Å². The molecule has 1 N–H and O–H groups in total. The monoisotopic (exact) mass is 248 g/mol. The largest absolute Gasteiger partial charge is 0.462 e. The molecule has 0 aliphatic heterocycles. The Morgan fingerprint density at radius 1 is 1.50 bits per heavy atom. The summed E-state index contributed by atoms with van der Waals surface area (Å²) in [6.45, 7) is 3.74. The minimum Gasteiger partial charge on any atom is -0.462 e. The Balaban J connectivity index is 2.66. The molecule has 1 aromatic heterocycles. The Kier molecular flexibility index (Phi) is 3.01. The fourth-order valence-electron chi connectivity index (χ4n) is 1.82. The number of non-ortho nitro benzene ring substituents is 1. The molecule has 6 nitrogen and oxygen atoms in total. The molecule has 0 spiro atoms. The summed E-state index contributed by atoms with van der Waals surface area (Å²) in [5.74, 6) is -0.553. The van der Waals surface area contributed by atoms with Crippen molar-refractivity contribution in [3.63, 3.8) is 0 Å². The lowest BCUT2D eigenvalue weighted by Gasteiger charge is -2.03. The second-order valence-corrected chi connectivity index (χ2v) is 3.87. The van der Waals surface area contributed by atoms with Gasteiger partial charge in [-0.15, -0.1) is 0 Å². The Hall–Kier alpha value is -2.37. The lowest BCUT2D eigenvalue weighted by atomic mass is 10.1. The molecule has 0 amide bonds. The van der Waals surface area contributed by atoms with Crippen LogP contribution in [0.3, 0.4) is 0 Å². The molecule has 0 aliphatic carbocycles. The highest BCUT2D eigenvalue weighted by Crippen LogP contribution is 2.29. The van der Waals surface area contributed by atoms with Crippen LogP contribution in [0.15, 0.2) is 18.3 Å². The number of nitro groups is 1. The van der Waals surface area contributed by atoms with Crippen molar-refractivity contribution in [1.29, 1.82) is 0 Å². The molecule has 94 valence electrons. The van der Waals surface area contributed by atoms with Gasteiger partial charge >= 0.3 is 5.97 Å². The third-order valence-electron chi connectivity index (χ3n) is 2.68. The van der Waals surface area contributed by atoms with Gasteiger partial charge in [-0.25, -0.2) is 4.79 Å². The highest BCUT2D eigenvalue weighted by atomic mass is 16.6. The third kappa shape index (κ3) is 1.92. The Morgan fingerprint density at radius 2 is 2.22 bits per heavy atom. The Labute approximate surface area is 103 Å². The first-order chi connectivity index (χ1) is 8.54. The van der Waals surface area contributed by atoms with Crippen LogP contribution in [0.2, 0.25) is 0 Å². The van der Waals surface area contributed by atoms with Crippen LogP contribution in [0.5, 0.6) is 0 Å². The fraction of sp³-hybridized carbons (Fsp3) is 0.250. The number of H-pyrrole nitrogens is 1. The number of aromatic nitrogens is 1. The molecule has 0 aliphatic rings. The zero-order valence-electron chi connectivity index (χ0n) is 10.0. The molecule has 0 fully saturated rings. The minimum atomic E-state index is -0.553. The van der Waals surface area contributed by atoms with Gasteiger partial charge in [0.15, 0.2) is 0 Å². The second kappa shape index (κ2) is 4.48. The van der Waals surface area contributed by atoms with Gasteiger partial charge in [-0.2, -0.15) is 0 Å². The predicted molar refractivity (Wildman–Crippen MR) is 65.6 cm³/mol. The number of benzene rings is 1. The van der Waals surface area contributed by atoms with E-state index in [0.717, 1.165) is 5.56 Å². The maximum Gasteiger partial charge on any atom is 0.338 e. The van der Waals surface area contributed by atoms with E-state index in [1.54, 1.807) is 19.2 Å². The van der Waals surface area contributed by atoms with Crippen molar-refractivity contribution in [2.45, 2.75) is 13.8 Å². The number of hydrogen-bond donors (Lipinski definition) is 1. The number of ether oxygens (including phenoxy) is 1. The smallest absolute Gasteiger partial charge is 0.338 e. The summed E-state index contributed by atoms with van der Waals surface area (Å²) in [5, 5.41) is 11.6. The fourth-order valence-corrected chi connectivity index (χ4v) is 1.82. The van der Waals surface area contributed by atoms with Crippen LogP contribution in [0.1, 0.15) is 22.8 Å². The van der Waals surface area contributed by atoms with E-state index in [-0.39, 0.29) is 17.9 Å². The second-order valence-electron chi connectivity index (χ2n) is 3.87. The van der Waals surface area contributed by atoms with Crippen molar-refractivity contribution in [2.24, 2.45) is 0 Å². The number of nitro benzene ring substituents is 1. The lowest BCUT2D eigenvalue weighted by molar-refractivity contribution is -0.383. The topological polar surface area (TPSA) is 85.2 Å². The van der Waals surface area contributed by atoms with Crippen molar-refractivity contribution in [3.05, 3.63) is 39.6 Å². The number of fused-ring (bicyclic) bond motifs is 1. The standard InChI is InChI=1S/C12H12N2O4/c1-3-18-12(15)8-4-9-7(2)6-13-11(9)10(5-8)14(16)17/h4-6,13H,3H2,1-2H3. The first-order valence-corrected chi connectivity index (χ1v) is 5.47. The van der Waals surface area contributed by atoms with Gasteiger partial charge in [-0.1, -0.05) is 0 Å². The molecule has 0 unspecified atom stereocenters. The van der Waals surface area contributed by atoms with Crippen LogP contribution in [0, 0.1) is 17.0 Å². The summed E-state index contributed by atoms with van der Waals surface area (Å²) in [6.07, 6.45) is 1.67. The molecular formula is C12H12N2O4. The maximum absolute atomic E-state index is 11.6.